The number of aryl methyl sites for hydroxylation is 1. The molecule has 1 heterocycles. The highest BCUT2D eigenvalue weighted by Crippen LogP contribution is 2.31. The topological polar surface area (TPSA) is 93.4 Å². The van der Waals surface area contributed by atoms with Crippen LogP contribution in [0.4, 0.5) is 17.1 Å². The van der Waals surface area contributed by atoms with Gasteiger partial charge in [-0.25, -0.2) is 4.79 Å². The molecule has 1 aliphatic rings. The van der Waals surface area contributed by atoms with Crippen LogP contribution in [-0.4, -0.2) is 24.5 Å². The molecule has 1 aromatic rings. The number of rotatable bonds is 4. The van der Waals surface area contributed by atoms with E-state index in [1.54, 1.807) is 19.9 Å². The number of hydrogen-bond donors (Lipinski definition) is 3. The minimum atomic E-state index is -0.505. The molecule has 6 heteroatoms. The maximum Gasteiger partial charge on any atom is 0.328 e. The van der Waals surface area contributed by atoms with E-state index in [-0.39, 0.29) is 11.9 Å². The van der Waals surface area contributed by atoms with Gasteiger partial charge in [-0.2, -0.15) is 0 Å². The van der Waals surface area contributed by atoms with Gasteiger partial charge in [0, 0.05) is 12.1 Å². The number of nitrogen functional groups attached to an aromatic ring is 1. The molecule has 0 saturated heterocycles. The molecule has 2 rings (SSSR count). The summed E-state index contributed by atoms with van der Waals surface area (Å²) in [6.07, 6.45) is 1.15. The van der Waals surface area contributed by atoms with Crippen molar-refractivity contribution in [2.75, 3.05) is 23.0 Å². The number of ether oxygens (including phenoxy) is 1. The molecule has 0 fully saturated rings. The molecule has 1 aromatic carbocycles. The van der Waals surface area contributed by atoms with Crippen LogP contribution in [0.5, 0.6) is 0 Å². The van der Waals surface area contributed by atoms with E-state index < -0.39 is 6.04 Å². The van der Waals surface area contributed by atoms with Crippen molar-refractivity contribution >= 4 is 28.9 Å². The van der Waals surface area contributed by atoms with Crippen molar-refractivity contribution < 1.29 is 14.3 Å². The Balaban J connectivity index is 2.18. The van der Waals surface area contributed by atoms with Crippen LogP contribution in [0.1, 0.15) is 25.8 Å². The van der Waals surface area contributed by atoms with E-state index in [2.05, 4.69) is 10.6 Å². The summed E-state index contributed by atoms with van der Waals surface area (Å²) in [4.78, 5) is 23.0. The first kappa shape index (κ1) is 14.2. The second-order valence-corrected chi connectivity index (χ2v) is 4.76. The Hall–Kier alpha value is -2.24. The van der Waals surface area contributed by atoms with E-state index in [4.69, 9.17) is 10.5 Å². The molecule has 1 atom stereocenters. The highest BCUT2D eigenvalue weighted by Gasteiger charge is 2.19. The van der Waals surface area contributed by atoms with Crippen LogP contribution in [-0.2, 0) is 20.7 Å². The number of carbonyl (C=O) groups excluding carboxylic acids is 2. The van der Waals surface area contributed by atoms with Gasteiger partial charge >= 0.3 is 5.97 Å². The van der Waals surface area contributed by atoms with Gasteiger partial charge in [0.2, 0.25) is 5.91 Å². The third-order valence-corrected chi connectivity index (χ3v) is 3.18. The molecule has 108 valence electrons. The fourth-order valence-corrected chi connectivity index (χ4v) is 2.13. The summed E-state index contributed by atoms with van der Waals surface area (Å²) in [5.74, 6) is -0.347. The number of anilines is 3. The van der Waals surface area contributed by atoms with Gasteiger partial charge in [0.25, 0.3) is 0 Å². The van der Waals surface area contributed by atoms with Crippen molar-refractivity contribution in [2.45, 2.75) is 32.7 Å². The summed E-state index contributed by atoms with van der Waals surface area (Å²) >= 11 is 0. The monoisotopic (exact) mass is 277 g/mol. The predicted molar refractivity (Wildman–Crippen MR) is 77.5 cm³/mol. The number of nitrogens with one attached hydrogen (secondary N) is 2. The zero-order chi connectivity index (χ0) is 14.7. The number of amides is 1. The van der Waals surface area contributed by atoms with E-state index >= 15 is 0 Å². The molecule has 6 nitrogen and oxygen atoms in total. The van der Waals surface area contributed by atoms with Crippen molar-refractivity contribution in [1.29, 1.82) is 0 Å². The summed E-state index contributed by atoms with van der Waals surface area (Å²) in [6.45, 7) is 3.80. The number of fused-ring (bicyclic) bond motifs is 1. The molecule has 0 bridgehead atoms. The SMILES string of the molecule is CCOC(=O)C(C)Nc1cc2c(cc1N)CCC(=O)N2. The Labute approximate surface area is 117 Å². The molecule has 0 aromatic heterocycles. The lowest BCUT2D eigenvalue weighted by molar-refractivity contribution is -0.143. The molecule has 1 unspecified atom stereocenters. The molecule has 0 radical (unpaired) electrons. The predicted octanol–water partition coefficient (Wildman–Crippen LogP) is 1.52. The zero-order valence-electron chi connectivity index (χ0n) is 11.7. The average Bonchev–Trinajstić information content (AvgIpc) is 2.40. The van der Waals surface area contributed by atoms with Gasteiger partial charge in [-0.15, -0.1) is 0 Å². The standard InChI is InChI=1S/C14H19N3O3/c1-3-20-14(19)8(2)16-12-7-11-9(6-10(12)15)4-5-13(18)17-11/h6-8,16H,3-5,15H2,1-2H3,(H,17,18). The van der Waals surface area contributed by atoms with E-state index in [1.165, 1.54) is 0 Å². The molecule has 0 spiro atoms. The highest BCUT2D eigenvalue weighted by molar-refractivity contribution is 5.96. The fourth-order valence-electron chi connectivity index (χ4n) is 2.13. The van der Waals surface area contributed by atoms with Crippen molar-refractivity contribution in [3.63, 3.8) is 0 Å². The lowest BCUT2D eigenvalue weighted by Crippen LogP contribution is -2.29. The summed E-state index contributed by atoms with van der Waals surface area (Å²) < 4.78 is 4.93. The number of nitrogens with two attached hydrogens (primary N) is 1. The minimum absolute atomic E-state index is 0.00772. The van der Waals surface area contributed by atoms with Crippen molar-refractivity contribution in [2.24, 2.45) is 0 Å². The lowest BCUT2D eigenvalue weighted by Gasteiger charge is -2.21. The first-order valence-electron chi connectivity index (χ1n) is 6.66. The van der Waals surface area contributed by atoms with Crippen LogP contribution in [0.15, 0.2) is 12.1 Å². The smallest absolute Gasteiger partial charge is 0.328 e. The third-order valence-electron chi connectivity index (χ3n) is 3.18. The largest absolute Gasteiger partial charge is 0.464 e. The third kappa shape index (κ3) is 3.01. The summed E-state index contributed by atoms with van der Waals surface area (Å²) in [6, 6.07) is 3.08. The Bertz CT molecular complexity index is 543. The molecule has 0 saturated carbocycles. The van der Waals surface area contributed by atoms with Crippen molar-refractivity contribution in [1.82, 2.24) is 0 Å². The van der Waals surface area contributed by atoms with Gasteiger partial charge in [-0.3, -0.25) is 4.79 Å². The molecule has 0 aliphatic carbocycles. The number of carbonyl (C=O) groups is 2. The highest BCUT2D eigenvalue weighted by atomic mass is 16.5. The molecule has 1 amide bonds. The quantitative estimate of drug-likeness (QED) is 0.573. The second-order valence-electron chi connectivity index (χ2n) is 4.76. The van der Waals surface area contributed by atoms with Gasteiger partial charge in [0.15, 0.2) is 0 Å². The molecule has 4 N–H and O–H groups in total. The molecule has 1 aliphatic heterocycles. The molecular formula is C14H19N3O3. The number of esters is 1. The summed E-state index contributed by atoms with van der Waals surface area (Å²) in [5, 5.41) is 5.81. The van der Waals surface area contributed by atoms with Gasteiger partial charge in [0.05, 0.1) is 18.0 Å². The van der Waals surface area contributed by atoms with Crippen LogP contribution in [0.25, 0.3) is 0 Å². The van der Waals surface area contributed by atoms with E-state index in [0.717, 1.165) is 11.3 Å². The Morgan fingerprint density at radius 3 is 2.95 bits per heavy atom. The van der Waals surface area contributed by atoms with Crippen molar-refractivity contribution in [3.05, 3.63) is 17.7 Å². The first-order chi connectivity index (χ1) is 9.51. The summed E-state index contributed by atoms with van der Waals surface area (Å²) in [7, 11) is 0. The van der Waals surface area contributed by atoms with Gasteiger partial charge < -0.3 is 21.1 Å². The lowest BCUT2D eigenvalue weighted by atomic mass is 10.0. The Morgan fingerprint density at radius 1 is 1.50 bits per heavy atom. The Morgan fingerprint density at radius 2 is 2.25 bits per heavy atom. The van der Waals surface area contributed by atoms with Crippen LogP contribution >= 0.6 is 0 Å². The van der Waals surface area contributed by atoms with Crippen LogP contribution < -0.4 is 16.4 Å². The van der Waals surface area contributed by atoms with E-state index in [9.17, 15) is 9.59 Å². The first-order valence-corrected chi connectivity index (χ1v) is 6.66. The van der Waals surface area contributed by atoms with Crippen molar-refractivity contribution in [3.8, 4) is 0 Å². The van der Waals surface area contributed by atoms with Gasteiger partial charge in [0.1, 0.15) is 6.04 Å². The van der Waals surface area contributed by atoms with Gasteiger partial charge in [-0.05, 0) is 38.0 Å². The second kappa shape index (κ2) is 5.81. The zero-order valence-corrected chi connectivity index (χ0v) is 11.7. The van der Waals surface area contributed by atoms with E-state index in [0.29, 0.717) is 30.8 Å². The number of benzene rings is 1. The number of hydrogen-bond acceptors (Lipinski definition) is 5. The van der Waals surface area contributed by atoms with Crippen LogP contribution in [0.2, 0.25) is 0 Å². The van der Waals surface area contributed by atoms with E-state index in [1.807, 2.05) is 6.07 Å². The minimum Gasteiger partial charge on any atom is -0.464 e. The maximum atomic E-state index is 11.6. The van der Waals surface area contributed by atoms with Gasteiger partial charge in [-0.1, -0.05) is 0 Å². The maximum absolute atomic E-state index is 11.6. The Kier molecular flexibility index (Phi) is 4.12. The summed E-state index contributed by atoms with van der Waals surface area (Å²) in [5.41, 5.74) is 8.90. The fraction of sp³-hybridized carbons (Fsp3) is 0.429. The molecule has 20 heavy (non-hydrogen) atoms. The molecular weight excluding hydrogens is 258 g/mol. The normalized spacial score (nSPS) is 15.0. The van der Waals surface area contributed by atoms with Crippen LogP contribution in [0, 0.1) is 0 Å². The average molecular weight is 277 g/mol. The van der Waals surface area contributed by atoms with Crippen LogP contribution in [0.3, 0.4) is 0 Å².